The van der Waals surface area contributed by atoms with E-state index < -0.39 is 54.1 Å². The zero-order valence-electron chi connectivity index (χ0n) is 42.0. The minimum absolute atomic E-state index is 0.0165. The first-order valence-electron chi connectivity index (χ1n) is 23.9. The maximum Gasteiger partial charge on any atom is 0.333 e. The van der Waals surface area contributed by atoms with Gasteiger partial charge in [-0.25, -0.2) is 26.2 Å². The number of anilines is 1. The second-order valence-corrected chi connectivity index (χ2v) is 21.4. The number of amides is 2. The van der Waals surface area contributed by atoms with Gasteiger partial charge in [0.1, 0.15) is 34.9 Å². The first-order valence-corrected chi connectivity index (χ1v) is 26.9. The van der Waals surface area contributed by atoms with Crippen molar-refractivity contribution in [3.63, 3.8) is 0 Å². The van der Waals surface area contributed by atoms with Crippen LogP contribution in [0.1, 0.15) is 83.1 Å². The van der Waals surface area contributed by atoms with Crippen molar-refractivity contribution < 1.29 is 78.0 Å². The van der Waals surface area contributed by atoms with E-state index in [0.29, 0.717) is 113 Å². The highest BCUT2D eigenvalue weighted by Crippen LogP contribution is 2.51. The lowest BCUT2D eigenvalue weighted by Gasteiger charge is -2.30. The third-order valence-corrected chi connectivity index (χ3v) is 13.7. The van der Waals surface area contributed by atoms with Crippen molar-refractivity contribution in [2.24, 2.45) is 0 Å². The first kappa shape index (κ1) is 58.0. The molecule has 3 heterocycles. The van der Waals surface area contributed by atoms with Gasteiger partial charge in [0, 0.05) is 74.2 Å². The predicted molar refractivity (Wildman–Crippen MR) is 262 cm³/mol. The van der Waals surface area contributed by atoms with Gasteiger partial charge in [0.2, 0.25) is 5.36 Å². The quantitative estimate of drug-likeness (QED) is 0.0394. The lowest BCUT2D eigenvalue weighted by atomic mass is 9.77. The summed E-state index contributed by atoms with van der Waals surface area (Å²) in [4.78, 5) is 43.5. The van der Waals surface area contributed by atoms with Crippen LogP contribution in [0.25, 0.3) is 17.4 Å². The molecule has 0 aromatic heterocycles. The number of ether oxygens (including phenoxy) is 6. The van der Waals surface area contributed by atoms with E-state index in [2.05, 4.69) is 25.3 Å². The lowest BCUT2D eigenvalue weighted by molar-refractivity contribution is -0.197. The maximum absolute atomic E-state index is 12.9. The van der Waals surface area contributed by atoms with Crippen molar-refractivity contribution in [2.45, 2.75) is 81.9 Å². The molecule has 1 fully saturated rings. The lowest BCUT2D eigenvalue weighted by Crippen LogP contribution is -2.36. The highest BCUT2D eigenvalue weighted by atomic mass is 32.2. The summed E-state index contributed by atoms with van der Waals surface area (Å²) in [5.74, 6) is -1.68. The molecule has 2 amide bonds. The average molecular weight is 1050 g/mol. The Labute approximate surface area is 422 Å². The van der Waals surface area contributed by atoms with Gasteiger partial charge >= 0.3 is 5.97 Å². The monoisotopic (exact) mass is 1050 g/mol. The smallest absolute Gasteiger partial charge is 0.333 e. The molecule has 1 unspecified atom stereocenters. The summed E-state index contributed by atoms with van der Waals surface area (Å²) in [6.45, 7) is 13.6. The molecule has 1 saturated heterocycles. The average Bonchev–Trinajstić information content (AvgIpc) is 3.75. The molecule has 1 atom stereocenters. The second-order valence-electron chi connectivity index (χ2n) is 18.5. The first-order chi connectivity index (χ1) is 34.2. The standard InChI is InChI=1S/C50H69N3O17S2/c1-49(2,3)41-35-38(69-44-34-37(13-15-40(41)44)51(21-23-65-29-31-67-27-25-63-5)22-24-66-30-32-68-28-26-64-6)10-7-11-45-50(4,19-8-12-48(56)70-53-46(54)17-18-47(53)55)42-36-39(72(60,61)62)14-16-43(42)52(45)20-9-33-71(57,58)59/h7,10-11,13-16,34-36H,8-9,12,17-33H2,1-6H3,(H-,57,58,59,60,61,62)/p-1. The molecule has 398 valence electrons. The number of hydrogen-bond donors (Lipinski definition) is 0. The number of carbonyl (C=O) groups is 3. The highest BCUT2D eigenvalue weighted by molar-refractivity contribution is 7.86. The summed E-state index contributed by atoms with van der Waals surface area (Å²) in [6, 6.07) is 11.9. The van der Waals surface area contributed by atoms with Gasteiger partial charge in [-0.15, -0.1) is 5.06 Å². The van der Waals surface area contributed by atoms with Gasteiger partial charge in [-0.2, -0.15) is 0 Å². The number of hydrogen-bond acceptors (Lipinski definition) is 18. The summed E-state index contributed by atoms with van der Waals surface area (Å²) in [5, 5.41) is 1.33. The number of allylic oxidation sites excluding steroid dienone is 3. The number of fused-ring (bicyclic) bond motifs is 2. The van der Waals surface area contributed by atoms with E-state index in [-0.39, 0.29) is 50.5 Å². The molecule has 22 heteroatoms. The molecule has 20 nitrogen and oxygen atoms in total. The minimum Gasteiger partial charge on any atom is -0.748 e. The van der Waals surface area contributed by atoms with E-state index in [4.69, 9.17) is 37.7 Å². The summed E-state index contributed by atoms with van der Waals surface area (Å²) in [6.07, 6.45) is 5.05. The second kappa shape index (κ2) is 26.9. The Morgan fingerprint density at radius 3 is 1.97 bits per heavy atom. The van der Waals surface area contributed by atoms with Gasteiger partial charge in [-0.1, -0.05) is 26.8 Å². The topological polar surface area (TPSA) is 253 Å². The van der Waals surface area contributed by atoms with Crippen LogP contribution in [0.3, 0.4) is 0 Å². The van der Waals surface area contributed by atoms with Crippen molar-refractivity contribution in [3.8, 4) is 11.3 Å². The van der Waals surface area contributed by atoms with Crippen molar-refractivity contribution in [1.82, 2.24) is 9.64 Å². The van der Waals surface area contributed by atoms with Crippen LogP contribution in [0, 0.1) is 0 Å². The van der Waals surface area contributed by atoms with Crippen LogP contribution < -0.4 is 14.8 Å². The molecule has 3 aliphatic heterocycles. The number of methoxy groups -OCH3 is 2. The maximum atomic E-state index is 12.9. The van der Waals surface area contributed by atoms with Gasteiger partial charge in [0.15, 0.2) is 13.1 Å². The SMILES string of the molecule is COCCOCCOCC[N+](CCOCCOCCOC)=c1ccc2c(C(C)(C)C)cc(/C=C/C=C3/N(CCCS(=O)(=O)[O-])c4ccc(S(=O)(=O)[O-])cc4C3(C)CCCC(=O)ON3C(=O)CCC3=O)oc-2c1. The fourth-order valence-electron chi connectivity index (χ4n) is 8.46. The zero-order chi connectivity index (χ0) is 52.5. The molecule has 0 saturated carbocycles. The Balaban J connectivity index is 1.52. The molecular formula is C50H68N3O17S2-. The molecular weight excluding hydrogens is 979 g/mol. The summed E-state index contributed by atoms with van der Waals surface area (Å²) < 4.78 is 114. The van der Waals surface area contributed by atoms with Crippen LogP contribution in [0.15, 0.2) is 69.6 Å². The van der Waals surface area contributed by atoms with E-state index >= 15 is 0 Å². The number of carbonyl (C=O) groups excluding carboxylic acids is 3. The molecule has 72 heavy (non-hydrogen) atoms. The van der Waals surface area contributed by atoms with Crippen LogP contribution in [0.4, 0.5) is 5.69 Å². The molecule has 0 radical (unpaired) electrons. The fourth-order valence-corrected chi connectivity index (χ4v) is 9.44. The number of rotatable bonds is 30. The predicted octanol–water partition coefficient (Wildman–Crippen LogP) is 4.11. The molecule has 5 rings (SSSR count). The molecule has 1 aromatic carbocycles. The Kier molecular flexibility index (Phi) is 21.7. The van der Waals surface area contributed by atoms with E-state index in [1.54, 1.807) is 44.3 Å². The number of imide groups is 1. The zero-order valence-corrected chi connectivity index (χ0v) is 43.6. The van der Waals surface area contributed by atoms with Crippen molar-refractivity contribution >= 4 is 49.8 Å². The van der Waals surface area contributed by atoms with Crippen molar-refractivity contribution in [3.05, 3.63) is 82.6 Å². The number of hydroxylamine groups is 2. The highest BCUT2D eigenvalue weighted by Gasteiger charge is 2.44. The van der Waals surface area contributed by atoms with Crippen LogP contribution in [0.5, 0.6) is 0 Å². The number of nitrogens with zero attached hydrogens (tertiary/aromatic N) is 3. The van der Waals surface area contributed by atoms with Gasteiger partial charge in [-0.05, 0) is 85.2 Å². The third kappa shape index (κ3) is 16.8. The fraction of sp³-hybridized carbons (Fsp3) is 0.560. The molecule has 0 spiro atoms. The molecule has 0 bridgehead atoms. The van der Waals surface area contributed by atoms with Crippen LogP contribution in [-0.4, -0.2) is 154 Å². The van der Waals surface area contributed by atoms with E-state index in [1.807, 2.05) is 24.3 Å². The summed E-state index contributed by atoms with van der Waals surface area (Å²) >= 11 is 0. The Morgan fingerprint density at radius 2 is 1.40 bits per heavy atom. The third-order valence-electron chi connectivity index (χ3n) is 12.1. The summed E-state index contributed by atoms with van der Waals surface area (Å²) in [7, 11) is -6.31. The van der Waals surface area contributed by atoms with Crippen LogP contribution in [0.2, 0.25) is 0 Å². The van der Waals surface area contributed by atoms with E-state index in [1.165, 1.54) is 12.1 Å². The normalized spacial score (nSPS) is 17.0. The Morgan fingerprint density at radius 1 is 0.806 bits per heavy atom. The number of benzene rings is 2. The van der Waals surface area contributed by atoms with E-state index in [0.717, 1.165) is 22.6 Å². The van der Waals surface area contributed by atoms with Gasteiger partial charge in [0.05, 0.1) is 73.9 Å². The molecule has 0 N–H and O–H groups in total. The minimum atomic E-state index is -4.93. The molecule has 4 aliphatic rings. The Bertz CT molecular complexity index is 2620. The van der Waals surface area contributed by atoms with Crippen LogP contribution >= 0.6 is 0 Å². The van der Waals surface area contributed by atoms with Crippen molar-refractivity contribution in [2.75, 3.05) is 111 Å². The largest absolute Gasteiger partial charge is 0.748 e. The van der Waals surface area contributed by atoms with Gasteiger partial charge in [0.25, 0.3) is 11.8 Å². The summed E-state index contributed by atoms with van der Waals surface area (Å²) in [5.41, 5.74) is 1.85. The van der Waals surface area contributed by atoms with Crippen molar-refractivity contribution in [1.29, 1.82) is 0 Å². The molecule has 1 aromatic rings. The molecule has 1 aliphatic carbocycles. The van der Waals surface area contributed by atoms with Gasteiger partial charge in [-0.3, -0.25) is 9.59 Å². The van der Waals surface area contributed by atoms with E-state index in [9.17, 15) is 40.3 Å². The van der Waals surface area contributed by atoms with Crippen LogP contribution in [-0.2, 0) is 78.7 Å². The Hall–Kier alpha value is -4.88. The van der Waals surface area contributed by atoms with Gasteiger partial charge < -0.3 is 51.7 Å².